The normalized spacial score (nSPS) is 21.3. The Bertz CT molecular complexity index is 558. The fourth-order valence-electron chi connectivity index (χ4n) is 3.96. The van der Waals surface area contributed by atoms with Gasteiger partial charge in [-0.3, -0.25) is 4.79 Å². The molecule has 1 atom stereocenters. The predicted molar refractivity (Wildman–Crippen MR) is 101 cm³/mol. The number of hydrogen-bond acceptors (Lipinski definition) is 4. The second kappa shape index (κ2) is 9.09. The first kappa shape index (κ1) is 18.1. The summed E-state index contributed by atoms with van der Waals surface area (Å²) in [6.07, 6.45) is 5.25. The lowest BCUT2D eigenvalue weighted by Gasteiger charge is -2.22. The van der Waals surface area contributed by atoms with Crippen LogP contribution in [0.25, 0.3) is 0 Å². The zero-order valence-electron chi connectivity index (χ0n) is 15.3. The smallest absolute Gasteiger partial charge is 0.220 e. The standard InChI is InChI=1S/C20H31N3O2/c1-25-19-5-3-2-4-18(19)23-13-10-17(15-23)14-22-20(24)7-6-16-8-11-21-12-9-16/h2-5,16-17,21H,6-15H2,1H3,(H,22,24). The Morgan fingerprint density at radius 3 is 2.84 bits per heavy atom. The fourth-order valence-corrected chi connectivity index (χ4v) is 3.96. The first-order valence-corrected chi connectivity index (χ1v) is 9.61. The molecule has 1 amide bonds. The Balaban J connectivity index is 1.38. The number of anilines is 1. The fraction of sp³-hybridized carbons (Fsp3) is 0.650. The van der Waals surface area contributed by atoms with Gasteiger partial charge in [0.25, 0.3) is 0 Å². The van der Waals surface area contributed by atoms with E-state index in [0.717, 1.165) is 62.9 Å². The molecule has 0 saturated carbocycles. The molecule has 0 bridgehead atoms. The molecular weight excluding hydrogens is 314 g/mol. The number of carbonyl (C=O) groups is 1. The number of carbonyl (C=O) groups excluding carboxylic acids is 1. The third-order valence-corrected chi connectivity index (χ3v) is 5.54. The van der Waals surface area contributed by atoms with Crippen molar-refractivity contribution in [2.75, 3.05) is 44.7 Å². The molecule has 2 heterocycles. The largest absolute Gasteiger partial charge is 0.495 e. The number of hydrogen-bond donors (Lipinski definition) is 2. The number of amides is 1. The van der Waals surface area contributed by atoms with Crippen LogP contribution >= 0.6 is 0 Å². The number of nitrogens with one attached hydrogen (secondary N) is 2. The lowest BCUT2D eigenvalue weighted by atomic mass is 9.93. The molecule has 3 rings (SSSR count). The van der Waals surface area contributed by atoms with Crippen LogP contribution < -0.4 is 20.3 Å². The molecule has 5 nitrogen and oxygen atoms in total. The van der Waals surface area contributed by atoms with Gasteiger partial charge >= 0.3 is 0 Å². The first-order valence-electron chi connectivity index (χ1n) is 9.61. The van der Waals surface area contributed by atoms with Crippen LogP contribution in [0.4, 0.5) is 5.69 Å². The highest BCUT2D eigenvalue weighted by atomic mass is 16.5. The molecule has 2 fully saturated rings. The average Bonchev–Trinajstić information content (AvgIpc) is 3.14. The third kappa shape index (κ3) is 5.11. The molecule has 2 aliphatic heterocycles. The Kier molecular flexibility index (Phi) is 6.56. The highest BCUT2D eigenvalue weighted by Gasteiger charge is 2.25. The maximum Gasteiger partial charge on any atom is 0.220 e. The summed E-state index contributed by atoms with van der Waals surface area (Å²) in [4.78, 5) is 14.5. The van der Waals surface area contributed by atoms with E-state index < -0.39 is 0 Å². The number of methoxy groups -OCH3 is 1. The van der Waals surface area contributed by atoms with Crippen molar-refractivity contribution in [2.24, 2.45) is 11.8 Å². The van der Waals surface area contributed by atoms with E-state index in [2.05, 4.69) is 21.6 Å². The molecule has 1 aromatic rings. The number of rotatable bonds is 7. The lowest BCUT2D eigenvalue weighted by Crippen LogP contribution is -2.32. The topological polar surface area (TPSA) is 53.6 Å². The zero-order chi connectivity index (χ0) is 17.5. The highest BCUT2D eigenvalue weighted by molar-refractivity contribution is 5.75. The predicted octanol–water partition coefficient (Wildman–Crippen LogP) is 2.42. The van der Waals surface area contributed by atoms with E-state index in [0.29, 0.717) is 12.3 Å². The minimum atomic E-state index is 0.217. The second-order valence-electron chi connectivity index (χ2n) is 7.31. The van der Waals surface area contributed by atoms with Crippen LogP contribution in [0.15, 0.2) is 24.3 Å². The minimum absolute atomic E-state index is 0.217. The van der Waals surface area contributed by atoms with Crippen LogP contribution in [0.5, 0.6) is 5.75 Å². The van der Waals surface area contributed by atoms with Gasteiger partial charge in [0.05, 0.1) is 12.8 Å². The molecule has 1 unspecified atom stereocenters. The van der Waals surface area contributed by atoms with Gasteiger partial charge in [0.1, 0.15) is 5.75 Å². The van der Waals surface area contributed by atoms with Gasteiger partial charge in [-0.05, 0) is 62.7 Å². The van der Waals surface area contributed by atoms with Crippen LogP contribution in [-0.2, 0) is 4.79 Å². The molecule has 2 N–H and O–H groups in total. The monoisotopic (exact) mass is 345 g/mol. The molecule has 0 spiro atoms. The molecule has 0 radical (unpaired) electrons. The summed E-state index contributed by atoms with van der Waals surface area (Å²) in [5.41, 5.74) is 1.16. The SMILES string of the molecule is COc1ccccc1N1CCC(CNC(=O)CCC2CCNCC2)C1. The zero-order valence-corrected chi connectivity index (χ0v) is 15.3. The summed E-state index contributed by atoms with van der Waals surface area (Å²) in [6, 6.07) is 8.16. The van der Waals surface area contributed by atoms with Gasteiger partial charge in [0.2, 0.25) is 5.91 Å². The molecule has 1 aromatic carbocycles. The van der Waals surface area contributed by atoms with E-state index in [9.17, 15) is 4.79 Å². The van der Waals surface area contributed by atoms with E-state index in [1.807, 2.05) is 18.2 Å². The van der Waals surface area contributed by atoms with E-state index in [1.165, 1.54) is 12.8 Å². The Hall–Kier alpha value is -1.75. The van der Waals surface area contributed by atoms with Gasteiger partial charge in [-0.2, -0.15) is 0 Å². The van der Waals surface area contributed by atoms with Crippen LogP contribution in [0.2, 0.25) is 0 Å². The summed E-state index contributed by atoms with van der Waals surface area (Å²) in [6.45, 7) is 5.00. The maximum atomic E-state index is 12.1. The number of benzene rings is 1. The molecular formula is C20H31N3O2. The number of para-hydroxylation sites is 2. The molecule has 2 saturated heterocycles. The van der Waals surface area contributed by atoms with Gasteiger partial charge in [-0.25, -0.2) is 0 Å². The third-order valence-electron chi connectivity index (χ3n) is 5.54. The Labute approximate surface area is 151 Å². The van der Waals surface area contributed by atoms with Crippen molar-refractivity contribution in [1.29, 1.82) is 0 Å². The Morgan fingerprint density at radius 1 is 1.24 bits per heavy atom. The first-order chi connectivity index (χ1) is 12.3. The number of ether oxygens (including phenoxy) is 1. The molecule has 0 aliphatic carbocycles. The Morgan fingerprint density at radius 2 is 2.04 bits per heavy atom. The second-order valence-corrected chi connectivity index (χ2v) is 7.31. The molecule has 2 aliphatic rings. The summed E-state index contributed by atoms with van der Waals surface area (Å²) in [7, 11) is 1.72. The average molecular weight is 345 g/mol. The maximum absolute atomic E-state index is 12.1. The summed E-state index contributed by atoms with van der Waals surface area (Å²) < 4.78 is 5.46. The van der Waals surface area contributed by atoms with Crippen molar-refractivity contribution in [3.8, 4) is 5.75 Å². The van der Waals surface area contributed by atoms with E-state index >= 15 is 0 Å². The van der Waals surface area contributed by atoms with E-state index in [1.54, 1.807) is 7.11 Å². The highest BCUT2D eigenvalue weighted by Crippen LogP contribution is 2.31. The van der Waals surface area contributed by atoms with Crippen molar-refractivity contribution in [3.63, 3.8) is 0 Å². The van der Waals surface area contributed by atoms with Crippen LogP contribution in [0, 0.1) is 11.8 Å². The van der Waals surface area contributed by atoms with E-state index in [-0.39, 0.29) is 5.91 Å². The summed E-state index contributed by atoms with van der Waals surface area (Å²) in [5.74, 6) is 2.38. The quantitative estimate of drug-likeness (QED) is 0.797. The van der Waals surface area contributed by atoms with Crippen molar-refractivity contribution in [3.05, 3.63) is 24.3 Å². The molecule has 0 aromatic heterocycles. The number of nitrogens with zero attached hydrogens (tertiary/aromatic N) is 1. The van der Waals surface area contributed by atoms with Gasteiger partial charge in [0, 0.05) is 26.1 Å². The van der Waals surface area contributed by atoms with Crippen LogP contribution in [0.3, 0.4) is 0 Å². The molecule has 5 heteroatoms. The summed E-state index contributed by atoms with van der Waals surface area (Å²) in [5, 5.41) is 6.53. The van der Waals surface area contributed by atoms with Crippen molar-refractivity contribution >= 4 is 11.6 Å². The lowest BCUT2D eigenvalue weighted by molar-refractivity contribution is -0.121. The van der Waals surface area contributed by atoms with Gasteiger partial charge in [0.15, 0.2) is 0 Å². The van der Waals surface area contributed by atoms with Crippen LogP contribution in [0.1, 0.15) is 32.1 Å². The number of piperidine rings is 1. The van der Waals surface area contributed by atoms with Crippen molar-refractivity contribution in [1.82, 2.24) is 10.6 Å². The molecule has 25 heavy (non-hydrogen) atoms. The van der Waals surface area contributed by atoms with Crippen molar-refractivity contribution in [2.45, 2.75) is 32.1 Å². The van der Waals surface area contributed by atoms with Crippen molar-refractivity contribution < 1.29 is 9.53 Å². The van der Waals surface area contributed by atoms with Gasteiger partial charge < -0.3 is 20.3 Å². The summed E-state index contributed by atoms with van der Waals surface area (Å²) >= 11 is 0. The van der Waals surface area contributed by atoms with Gasteiger partial charge in [-0.1, -0.05) is 12.1 Å². The van der Waals surface area contributed by atoms with Gasteiger partial charge in [-0.15, -0.1) is 0 Å². The molecule has 138 valence electrons. The van der Waals surface area contributed by atoms with E-state index in [4.69, 9.17) is 4.74 Å². The minimum Gasteiger partial charge on any atom is -0.495 e. The van der Waals surface area contributed by atoms with Crippen LogP contribution in [-0.4, -0.2) is 45.7 Å².